The van der Waals surface area contributed by atoms with E-state index in [1.807, 2.05) is 0 Å². The van der Waals surface area contributed by atoms with Crippen molar-refractivity contribution >= 4 is 5.97 Å². The van der Waals surface area contributed by atoms with Crippen LogP contribution in [0.25, 0.3) is 0 Å². The van der Waals surface area contributed by atoms with E-state index in [9.17, 15) is 9.90 Å². The molecule has 4 nitrogen and oxygen atoms in total. The van der Waals surface area contributed by atoms with Gasteiger partial charge in [-0.3, -0.25) is 0 Å². The van der Waals surface area contributed by atoms with E-state index in [4.69, 9.17) is 9.47 Å². The molecule has 4 aliphatic rings. The lowest BCUT2D eigenvalue weighted by Crippen LogP contribution is -2.53. The van der Waals surface area contributed by atoms with Crippen molar-refractivity contribution in [3.05, 3.63) is 12.2 Å². The second kappa shape index (κ2) is 5.15. The van der Waals surface area contributed by atoms with E-state index in [2.05, 4.69) is 6.58 Å². The van der Waals surface area contributed by atoms with Crippen molar-refractivity contribution in [1.82, 2.24) is 0 Å². The van der Waals surface area contributed by atoms with Gasteiger partial charge in [-0.2, -0.15) is 0 Å². The van der Waals surface area contributed by atoms with Crippen molar-refractivity contribution in [1.29, 1.82) is 0 Å². The first-order valence-corrected chi connectivity index (χ1v) is 7.63. The minimum atomic E-state index is -1.08. The average Bonchev–Trinajstić information content (AvgIpc) is 2.33. The second-order valence-electron chi connectivity index (χ2n) is 7.08. The summed E-state index contributed by atoms with van der Waals surface area (Å²) in [5.41, 5.74) is 0.260. The third-order valence-electron chi connectivity index (χ3n) is 5.09. The Morgan fingerprint density at radius 2 is 1.75 bits per heavy atom. The van der Waals surface area contributed by atoms with E-state index in [1.54, 1.807) is 6.92 Å². The van der Waals surface area contributed by atoms with Crippen LogP contribution in [0.3, 0.4) is 0 Å². The van der Waals surface area contributed by atoms with Gasteiger partial charge in [-0.15, -0.1) is 0 Å². The van der Waals surface area contributed by atoms with Crippen LogP contribution in [0.2, 0.25) is 0 Å². The van der Waals surface area contributed by atoms with Gasteiger partial charge in [0.25, 0.3) is 0 Å². The zero-order valence-corrected chi connectivity index (χ0v) is 12.1. The van der Waals surface area contributed by atoms with Crippen molar-refractivity contribution in [3.8, 4) is 0 Å². The van der Waals surface area contributed by atoms with Crippen molar-refractivity contribution in [2.24, 2.45) is 17.8 Å². The first kappa shape index (κ1) is 14.1. The summed E-state index contributed by atoms with van der Waals surface area (Å²) in [6.45, 7) is 5.05. The predicted octanol–water partition coefficient (Wildman–Crippen LogP) is 2.41. The highest BCUT2D eigenvalue weighted by atomic mass is 16.6. The molecule has 0 saturated heterocycles. The zero-order valence-electron chi connectivity index (χ0n) is 12.1. The van der Waals surface area contributed by atoms with Gasteiger partial charge in [0.15, 0.2) is 6.29 Å². The number of ether oxygens (including phenoxy) is 2. The Morgan fingerprint density at radius 1 is 1.25 bits per heavy atom. The second-order valence-corrected chi connectivity index (χ2v) is 7.08. The fraction of sp³-hybridized carbons (Fsp3) is 0.812. The average molecular weight is 280 g/mol. The van der Waals surface area contributed by atoms with Gasteiger partial charge >= 0.3 is 5.97 Å². The highest BCUT2D eigenvalue weighted by Gasteiger charge is 2.53. The molecule has 112 valence electrons. The van der Waals surface area contributed by atoms with Crippen LogP contribution in [0.1, 0.15) is 45.4 Å². The van der Waals surface area contributed by atoms with Crippen LogP contribution in [-0.2, 0) is 14.3 Å². The van der Waals surface area contributed by atoms with Crippen LogP contribution in [-0.4, -0.2) is 29.6 Å². The van der Waals surface area contributed by atoms with Gasteiger partial charge in [-0.05, 0) is 68.8 Å². The molecule has 4 fully saturated rings. The molecule has 0 heterocycles. The molecule has 4 heteroatoms. The van der Waals surface area contributed by atoms with Crippen LogP contribution in [0, 0.1) is 17.8 Å². The summed E-state index contributed by atoms with van der Waals surface area (Å²) in [4.78, 5) is 12.0. The largest absolute Gasteiger partial charge is 0.457 e. The first-order chi connectivity index (χ1) is 9.46. The van der Waals surface area contributed by atoms with E-state index >= 15 is 0 Å². The smallest absolute Gasteiger partial charge is 0.332 e. The maximum absolute atomic E-state index is 12.0. The number of carbonyl (C=O) groups excluding carboxylic acids is 1. The van der Waals surface area contributed by atoms with Gasteiger partial charge in [-0.1, -0.05) is 6.58 Å². The number of carbonyl (C=O) groups is 1. The Bertz CT molecular complexity index is 379. The van der Waals surface area contributed by atoms with E-state index < -0.39 is 6.29 Å². The Labute approximate surface area is 120 Å². The van der Waals surface area contributed by atoms with Gasteiger partial charge in [-0.25, -0.2) is 4.79 Å². The summed E-state index contributed by atoms with van der Waals surface area (Å²) >= 11 is 0. The molecule has 4 rings (SSSR count). The lowest BCUT2D eigenvalue weighted by Gasteiger charge is -2.55. The third-order valence-corrected chi connectivity index (χ3v) is 5.09. The summed E-state index contributed by atoms with van der Waals surface area (Å²) in [5.74, 6) is 1.88. The number of aliphatic hydroxyl groups excluding tert-OH is 1. The van der Waals surface area contributed by atoms with Gasteiger partial charge < -0.3 is 14.6 Å². The minimum absolute atomic E-state index is 0.199. The number of esters is 1. The molecule has 0 aromatic rings. The molecular weight excluding hydrogens is 256 g/mol. The maximum atomic E-state index is 12.0. The van der Waals surface area contributed by atoms with Crippen molar-refractivity contribution in [2.75, 3.05) is 6.61 Å². The molecule has 0 aromatic heterocycles. The van der Waals surface area contributed by atoms with Gasteiger partial charge in [0, 0.05) is 0 Å². The Morgan fingerprint density at radius 3 is 2.20 bits per heavy atom. The molecular formula is C16H24O4. The normalized spacial score (nSPS) is 39.6. The van der Waals surface area contributed by atoms with E-state index in [-0.39, 0.29) is 18.2 Å². The van der Waals surface area contributed by atoms with Gasteiger partial charge in [0.05, 0.1) is 0 Å². The molecule has 4 aliphatic carbocycles. The summed E-state index contributed by atoms with van der Waals surface area (Å²) in [6, 6.07) is 0. The van der Waals surface area contributed by atoms with Crippen LogP contribution < -0.4 is 0 Å². The molecule has 20 heavy (non-hydrogen) atoms. The molecule has 0 aliphatic heterocycles. The Balaban J connectivity index is 1.55. The van der Waals surface area contributed by atoms with Crippen LogP contribution in [0.5, 0.6) is 0 Å². The highest BCUT2D eigenvalue weighted by Crippen LogP contribution is 2.57. The van der Waals surface area contributed by atoms with E-state index in [0.29, 0.717) is 5.57 Å². The molecule has 1 atom stereocenters. The fourth-order valence-corrected chi connectivity index (χ4v) is 4.72. The molecule has 0 aromatic carbocycles. The van der Waals surface area contributed by atoms with E-state index in [0.717, 1.165) is 37.0 Å². The first-order valence-electron chi connectivity index (χ1n) is 7.63. The van der Waals surface area contributed by atoms with Gasteiger partial charge in [0.2, 0.25) is 0 Å². The van der Waals surface area contributed by atoms with E-state index in [1.165, 1.54) is 19.3 Å². The Kier molecular flexibility index (Phi) is 3.63. The highest BCUT2D eigenvalue weighted by molar-refractivity contribution is 5.71. The molecule has 0 spiro atoms. The predicted molar refractivity (Wildman–Crippen MR) is 73.8 cm³/mol. The maximum Gasteiger partial charge on any atom is 0.332 e. The van der Waals surface area contributed by atoms with Crippen LogP contribution in [0.15, 0.2) is 12.2 Å². The molecule has 0 amide bonds. The summed E-state index contributed by atoms with van der Waals surface area (Å²) < 4.78 is 10.8. The lowest BCUT2D eigenvalue weighted by atomic mass is 9.54. The Hall–Kier alpha value is -0.870. The minimum Gasteiger partial charge on any atom is -0.457 e. The van der Waals surface area contributed by atoms with Gasteiger partial charge in [0.1, 0.15) is 12.2 Å². The number of hydrogen-bond donors (Lipinski definition) is 1. The van der Waals surface area contributed by atoms with Crippen molar-refractivity contribution in [3.63, 3.8) is 0 Å². The van der Waals surface area contributed by atoms with Crippen molar-refractivity contribution < 1.29 is 19.4 Å². The lowest BCUT2D eigenvalue weighted by molar-refractivity contribution is -0.196. The molecule has 4 bridgehead atoms. The molecule has 4 saturated carbocycles. The topological polar surface area (TPSA) is 55.8 Å². The number of rotatable bonds is 5. The van der Waals surface area contributed by atoms with Crippen LogP contribution in [0.4, 0.5) is 0 Å². The quantitative estimate of drug-likeness (QED) is 0.477. The monoisotopic (exact) mass is 280 g/mol. The number of aliphatic hydroxyl groups is 1. The van der Waals surface area contributed by atoms with Crippen molar-refractivity contribution in [2.45, 2.75) is 57.3 Å². The molecule has 0 radical (unpaired) electrons. The molecule has 1 N–H and O–H groups in total. The molecule has 1 unspecified atom stereocenters. The third kappa shape index (κ3) is 2.77. The summed E-state index contributed by atoms with van der Waals surface area (Å²) in [7, 11) is 0. The summed E-state index contributed by atoms with van der Waals surface area (Å²) in [5, 5.41) is 9.48. The zero-order chi connectivity index (χ0) is 14.3. The fourth-order valence-electron chi connectivity index (χ4n) is 4.72. The van der Waals surface area contributed by atoms with Crippen LogP contribution >= 0.6 is 0 Å². The SMILES string of the molecule is C=C(C)C(O)OCC(=O)OC12CC3CC(CC(C3)C1)C2. The number of hydrogen-bond acceptors (Lipinski definition) is 4. The summed E-state index contributed by atoms with van der Waals surface area (Å²) in [6.07, 6.45) is 5.94. The standard InChI is InChI=1S/C16H24O4/c1-10(2)15(18)19-9-14(17)20-16-6-11-3-12(7-16)5-13(4-11)8-16/h11-13,15,18H,1,3-9H2,2H3.